The van der Waals surface area contributed by atoms with Crippen LogP contribution in [0.15, 0.2) is 140 Å². The molecule has 0 radical (unpaired) electrons. The van der Waals surface area contributed by atoms with E-state index in [0.29, 0.717) is 37.2 Å². The first-order valence-corrected chi connectivity index (χ1v) is 22.4. The zero-order valence-corrected chi connectivity index (χ0v) is 36.2. The molecule has 0 spiro atoms. The van der Waals surface area contributed by atoms with Crippen molar-refractivity contribution in [2.24, 2.45) is 0 Å². The Labute approximate surface area is 357 Å². The second-order valence-corrected chi connectivity index (χ2v) is 18.2. The van der Waals surface area contributed by atoms with Gasteiger partial charge >= 0.3 is 12.1 Å². The lowest BCUT2D eigenvalue weighted by atomic mass is 9.84. The van der Waals surface area contributed by atoms with Gasteiger partial charge in [-0.25, -0.2) is 9.59 Å². The molecule has 1 aliphatic heterocycles. The molecule has 5 aromatic rings. The first-order valence-electron chi connectivity index (χ1n) is 20.1. The maximum atomic E-state index is 14.0. The van der Waals surface area contributed by atoms with E-state index < -0.39 is 22.4 Å². The zero-order chi connectivity index (χ0) is 41.8. The number of anilines is 1. The van der Waals surface area contributed by atoms with Gasteiger partial charge in [0.25, 0.3) is 5.91 Å². The number of ether oxygens (including phenoxy) is 2. The van der Waals surface area contributed by atoms with Gasteiger partial charge in [0.1, 0.15) is 11.6 Å². The minimum atomic E-state index is -0.757. The van der Waals surface area contributed by atoms with E-state index in [-0.39, 0.29) is 23.3 Å². The summed E-state index contributed by atoms with van der Waals surface area (Å²) in [7, 11) is 1.34. The van der Waals surface area contributed by atoms with Crippen molar-refractivity contribution in [3.63, 3.8) is 0 Å². The number of hydrogen-bond acceptors (Lipinski definition) is 8. The highest BCUT2D eigenvalue weighted by Crippen LogP contribution is 2.52. The zero-order valence-electron chi connectivity index (χ0n) is 34.6. The van der Waals surface area contributed by atoms with Crippen molar-refractivity contribution in [1.82, 2.24) is 10.2 Å². The average molecular weight is 830 g/mol. The molecular weight excluding hydrogens is 775 g/mol. The van der Waals surface area contributed by atoms with Crippen LogP contribution in [0.5, 0.6) is 0 Å². The summed E-state index contributed by atoms with van der Waals surface area (Å²) in [5, 5.41) is 6.63. The first kappa shape index (κ1) is 43.4. The number of rotatable bonds is 16. The summed E-state index contributed by atoms with van der Waals surface area (Å²) in [5.74, 6) is -0.102. The number of nitrogens with zero attached hydrogens (tertiary/aromatic N) is 1. The number of benzene rings is 5. The number of nitrogens with one attached hydrogen (secondary N) is 2. The summed E-state index contributed by atoms with van der Waals surface area (Å²) in [6.07, 6.45) is 3.36. The smallest absolute Gasteiger partial charge is 0.410 e. The summed E-state index contributed by atoms with van der Waals surface area (Å²) < 4.78 is 10.5. The summed E-state index contributed by atoms with van der Waals surface area (Å²) in [6.45, 7) is 6.68. The Morgan fingerprint density at radius 3 is 1.88 bits per heavy atom. The van der Waals surface area contributed by atoms with Crippen molar-refractivity contribution in [2.75, 3.05) is 37.5 Å². The van der Waals surface area contributed by atoms with Gasteiger partial charge in [-0.05, 0) is 98.1 Å². The van der Waals surface area contributed by atoms with Crippen molar-refractivity contribution >= 4 is 47.2 Å². The molecule has 1 saturated heterocycles. The quantitative estimate of drug-likeness (QED) is 0.0750. The number of carbonyl (C=O) groups excluding carboxylic acids is 3. The molecule has 1 aliphatic rings. The van der Waals surface area contributed by atoms with Gasteiger partial charge < -0.3 is 25.0 Å². The normalized spacial score (nSPS) is 15.9. The van der Waals surface area contributed by atoms with Gasteiger partial charge in [-0.3, -0.25) is 4.79 Å². The van der Waals surface area contributed by atoms with E-state index in [1.54, 1.807) is 11.8 Å². The molecule has 1 heterocycles. The highest BCUT2D eigenvalue weighted by Gasteiger charge is 2.46. The molecule has 59 heavy (non-hydrogen) atoms. The molecule has 10 heteroatoms. The Kier molecular flexibility index (Phi) is 14.8. The van der Waals surface area contributed by atoms with Crippen LogP contribution in [0, 0.1) is 0 Å². The highest BCUT2D eigenvalue weighted by atomic mass is 32.2. The third-order valence-corrected chi connectivity index (χ3v) is 13.0. The van der Waals surface area contributed by atoms with Gasteiger partial charge in [0.05, 0.1) is 17.9 Å². The molecule has 1 fully saturated rings. The molecule has 0 bridgehead atoms. The standard InChI is InChI=1S/C49H55N3O5S2/c1-48(2,3)57-47(55)52-30-28-44(59-49(37-20-12-7-13-21-37,38-22-14-8-15-23-38)39-24-16-9-17-25-39)43(52)34-50-40-26-27-41(36(33-40)32-35-18-10-6-11-19-35)45(53)51-42(29-31-58-5)46(54)56-4/h6-27,33,42-44,50H,28-32,34H2,1-5H3,(H,51,53)/t42-,43+,44-/m0/s1. The Morgan fingerprint density at radius 1 is 0.797 bits per heavy atom. The largest absolute Gasteiger partial charge is 0.467 e. The lowest BCUT2D eigenvalue weighted by Crippen LogP contribution is -2.46. The van der Waals surface area contributed by atoms with Gasteiger partial charge in [-0.2, -0.15) is 11.8 Å². The molecule has 0 saturated carbocycles. The Balaban J connectivity index is 1.36. The molecular formula is C49H55N3O5S2. The SMILES string of the molecule is COC(=O)[C@H](CCSC)NC(=O)c1ccc(NC[C@@H]2[C@@H](SC(c3ccccc3)(c3ccccc3)c3ccccc3)CCN2C(=O)OC(C)(C)C)cc1Cc1ccccc1. The monoisotopic (exact) mass is 829 g/mol. The fraction of sp³-hybridized carbons (Fsp3) is 0.327. The fourth-order valence-electron chi connectivity index (χ4n) is 7.67. The van der Waals surface area contributed by atoms with Crippen molar-refractivity contribution in [1.29, 1.82) is 0 Å². The van der Waals surface area contributed by atoms with E-state index in [4.69, 9.17) is 9.47 Å². The third kappa shape index (κ3) is 10.9. The number of esters is 1. The number of thioether (sulfide) groups is 2. The Morgan fingerprint density at radius 2 is 1.36 bits per heavy atom. The first-order chi connectivity index (χ1) is 28.5. The minimum absolute atomic E-state index is 0.000941. The van der Waals surface area contributed by atoms with Crippen LogP contribution in [0.1, 0.15) is 71.8 Å². The Hall–Kier alpha value is -5.19. The van der Waals surface area contributed by atoms with Crippen LogP contribution in [0.4, 0.5) is 10.5 Å². The van der Waals surface area contributed by atoms with Crippen molar-refractivity contribution < 1.29 is 23.9 Å². The van der Waals surface area contributed by atoms with Crippen molar-refractivity contribution in [3.05, 3.63) is 173 Å². The molecule has 2 N–H and O–H groups in total. The molecule has 0 unspecified atom stereocenters. The molecule has 2 amide bonds. The molecule has 0 aliphatic carbocycles. The number of likely N-dealkylation sites (tertiary alicyclic amines) is 1. The number of methoxy groups -OCH3 is 1. The summed E-state index contributed by atoms with van der Waals surface area (Å²) in [6, 6.07) is 46.6. The van der Waals surface area contributed by atoms with Crippen LogP contribution in [0.25, 0.3) is 0 Å². The Bertz CT molecular complexity index is 2030. The average Bonchev–Trinajstić information content (AvgIpc) is 3.66. The van der Waals surface area contributed by atoms with Crippen molar-refractivity contribution in [3.8, 4) is 0 Å². The van der Waals surface area contributed by atoms with E-state index >= 15 is 0 Å². The molecule has 0 aromatic heterocycles. The van der Waals surface area contributed by atoms with Crippen LogP contribution >= 0.6 is 23.5 Å². The topological polar surface area (TPSA) is 97.0 Å². The van der Waals surface area contributed by atoms with E-state index in [2.05, 4.69) is 83.4 Å². The molecule has 308 valence electrons. The minimum Gasteiger partial charge on any atom is -0.467 e. The number of carbonyl (C=O) groups is 3. The summed E-state index contributed by atoms with van der Waals surface area (Å²) >= 11 is 3.49. The molecule has 3 atom stereocenters. The molecule has 5 aromatic carbocycles. The molecule has 6 rings (SSSR count). The second-order valence-electron chi connectivity index (χ2n) is 15.7. The third-order valence-electron chi connectivity index (χ3n) is 10.5. The van der Waals surface area contributed by atoms with Crippen LogP contribution < -0.4 is 10.6 Å². The maximum absolute atomic E-state index is 14.0. The van der Waals surface area contributed by atoms with Gasteiger partial charge in [0, 0.05) is 29.6 Å². The van der Waals surface area contributed by atoms with Gasteiger partial charge in [0.15, 0.2) is 0 Å². The van der Waals surface area contributed by atoms with E-state index in [9.17, 15) is 14.4 Å². The lowest BCUT2D eigenvalue weighted by Gasteiger charge is -2.39. The van der Waals surface area contributed by atoms with Gasteiger partial charge in [-0.1, -0.05) is 121 Å². The number of hydrogen-bond donors (Lipinski definition) is 2. The highest BCUT2D eigenvalue weighted by molar-refractivity contribution is 8.01. The maximum Gasteiger partial charge on any atom is 0.410 e. The van der Waals surface area contributed by atoms with E-state index in [1.165, 1.54) is 7.11 Å². The number of amides is 2. The van der Waals surface area contributed by atoms with E-state index in [0.717, 1.165) is 39.9 Å². The predicted molar refractivity (Wildman–Crippen MR) is 242 cm³/mol. The van der Waals surface area contributed by atoms with Crippen LogP contribution in [-0.4, -0.2) is 78.0 Å². The fourth-order valence-corrected chi connectivity index (χ4v) is 10.0. The van der Waals surface area contributed by atoms with Crippen LogP contribution in [0.2, 0.25) is 0 Å². The molecule has 8 nitrogen and oxygen atoms in total. The van der Waals surface area contributed by atoms with Crippen LogP contribution in [0.3, 0.4) is 0 Å². The predicted octanol–water partition coefficient (Wildman–Crippen LogP) is 9.82. The van der Waals surface area contributed by atoms with Crippen LogP contribution in [-0.2, 0) is 25.4 Å². The van der Waals surface area contributed by atoms with E-state index in [1.807, 2.05) is 110 Å². The summed E-state index contributed by atoms with van der Waals surface area (Å²) in [4.78, 5) is 42.4. The second kappa shape index (κ2) is 20.2. The van der Waals surface area contributed by atoms with Gasteiger partial charge in [-0.15, -0.1) is 11.8 Å². The van der Waals surface area contributed by atoms with Gasteiger partial charge in [0.2, 0.25) is 0 Å². The lowest BCUT2D eigenvalue weighted by molar-refractivity contribution is -0.142. The van der Waals surface area contributed by atoms with Crippen molar-refractivity contribution in [2.45, 2.75) is 67.7 Å². The summed E-state index contributed by atoms with van der Waals surface area (Å²) in [5.41, 5.74) is 5.98.